The zero-order valence-corrected chi connectivity index (χ0v) is 8.80. The van der Waals surface area contributed by atoms with Crippen molar-refractivity contribution < 1.29 is 0 Å². The van der Waals surface area contributed by atoms with Crippen LogP contribution >= 0.6 is 11.6 Å². The van der Waals surface area contributed by atoms with E-state index in [1.54, 1.807) is 36.0 Å². The maximum Gasteiger partial charge on any atom is 0.258 e. The highest BCUT2D eigenvalue weighted by Crippen LogP contribution is 2.23. The molecule has 2 aromatic rings. The molecule has 0 atom stereocenters. The maximum absolute atomic E-state index is 11.7. The third-order valence-electron chi connectivity index (χ3n) is 2.35. The predicted octanol–water partition coefficient (Wildman–Crippen LogP) is 2.50. The van der Waals surface area contributed by atoms with Crippen LogP contribution < -0.4 is 5.56 Å². The number of halogens is 1. The second-order valence-electron chi connectivity index (χ2n) is 3.39. The summed E-state index contributed by atoms with van der Waals surface area (Å²) in [6.45, 7) is 1.95. The van der Waals surface area contributed by atoms with E-state index in [1.165, 1.54) is 0 Å². The zero-order chi connectivity index (χ0) is 10.3. The van der Waals surface area contributed by atoms with Crippen molar-refractivity contribution in [3.8, 4) is 0 Å². The molecule has 0 spiro atoms. The van der Waals surface area contributed by atoms with Crippen LogP contribution in [0.1, 0.15) is 5.56 Å². The lowest BCUT2D eigenvalue weighted by atomic mass is 10.1. The van der Waals surface area contributed by atoms with Gasteiger partial charge in [0.05, 0.1) is 0 Å². The molecule has 72 valence electrons. The second-order valence-corrected chi connectivity index (χ2v) is 3.80. The van der Waals surface area contributed by atoms with Crippen LogP contribution in [0.25, 0.3) is 10.8 Å². The van der Waals surface area contributed by atoms with E-state index < -0.39 is 0 Å². The minimum Gasteiger partial charge on any atom is -0.318 e. The highest BCUT2D eigenvalue weighted by atomic mass is 35.5. The molecule has 0 amide bonds. The van der Waals surface area contributed by atoms with Gasteiger partial charge in [-0.05, 0) is 24.6 Å². The summed E-state index contributed by atoms with van der Waals surface area (Å²) in [7, 11) is 1.75. The second kappa shape index (κ2) is 3.14. The molecular weight excluding hydrogens is 198 g/mol. The molecule has 0 saturated heterocycles. The van der Waals surface area contributed by atoms with Crippen LogP contribution in [0, 0.1) is 6.92 Å². The van der Waals surface area contributed by atoms with E-state index >= 15 is 0 Å². The average molecular weight is 208 g/mol. The highest BCUT2D eigenvalue weighted by molar-refractivity contribution is 6.35. The van der Waals surface area contributed by atoms with E-state index in [2.05, 4.69) is 0 Å². The summed E-state index contributed by atoms with van der Waals surface area (Å²) < 4.78 is 1.58. The molecule has 3 heteroatoms. The van der Waals surface area contributed by atoms with Crippen LogP contribution in [0.2, 0.25) is 5.02 Å². The van der Waals surface area contributed by atoms with Gasteiger partial charge in [0.1, 0.15) is 0 Å². The molecule has 1 aromatic heterocycles. The first-order valence-electron chi connectivity index (χ1n) is 4.35. The highest BCUT2D eigenvalue weighted by Gasteiger charge is 2.06. The molecule has 0 fully saturated rings. The molecular formula is C11H10ClNO. The molecule has 0 radical (unpaired) electrons. The van der Waals surface area contributed by atoms with E-state index in [1.807, 2.05) is 6.92 Å². The van der Waals surface area contributed by atoms with Crippen molar-refractivity contribution in [1.29, 1.82) is 0 Å². The average Bonchev–Trinajstić information content (AvgIpc) is 2.14. The van der Waals surface area contributed by atoms with Gasteiger partial charge in [0.2, 0.25) is 0 Å². The number of rotatable bonds is 0. The number of hydrogen-bond donors (Lipinski definition) is 0. The lowest BCUT2D eigenvalue weighted by Crippen LogP contribution is -2.16. The monoisotopic (exact) mass is 207 g/mol. The van der Waals surface area contributed by atoms with Gasteiger partial charge in [-0.25, -0.2) is 0 Å². The molecule has 14 heavy (non-hydrogen) atoms. The van der Waals surface area contributed by atoms with Gasteiger partial charge < -0.3 is 4.57 Å². The summed E-state index contributed by atoms with van der Waals surface area (Å²) in [5.41, 5.74) is 1.01. The first-order valence-corrected chi connectivity index (χ1v) is 4.73. The van der Waals surface area contributed by atoms with Gasteiger partial charge >= 0.3 is 0 Å². The summed E-state index contributed by atoms with van der Waals surface area (Å²) in [5.74, 6) is 0. The SMILES string of the molecule is Cc1cn(C)c(=O)c2cccc(Cl)c12. The molecule has 1 aromatic carbocycles. The molecule has 0 saturated carbocycles. The Balaban J connectivity index is 3.10. The van der Waals surface area contributed by atoms with E-state index in [0.29, 0.717) is 10.4 Å². The van der Waals surface area contributed by atoms with Crippen LogP contribution in [0.4, 0.5) is 0 Å². The Kier molecular flexibility index (Phi) is 2.08. The van der Waals surface area contributed by atoms with E-state index in [4.69, 9.17) is 11.6 Å². The fourth-order valence-corrected chi connectivity index (χ4v) is 2.03. The van der Waals surface area contributed by atoms with Gasteiger partial charge in [0, 0.05) is 29.0 Å². The van der Waals surface area contributed by atoms with Crippen LogP contribution in [-0.2, 0) is 7.05 Å². The Morgan fingerprint density at radius 3 is 2.79 bits per heavy atom. The number of hydrogen-bond acceptors (Lipinski definition) is 1. The zero-order valence-electron chi connectivity index (χ0n) is 8.04. The molecule has 0 unspecified atom stereocenters. The standard InChI is InChI=1S/C11H10ClNO/c1-7-6-13(2)11(14)8-4-3-5-9(12)10(7)8/h3-6H,1-2H3. The molecule has 2 rings (SSSR count). The number of aromatic nitrogens is 1. The van der Waals surface area contributed by atoms with Crippen LogP contribution in [0.5, 0.6) is 0 Å². The van der Waals surface area contributed by atoms with E-state index in [9.17, 15) is 4.79 Å². The molecule has 0 aliphatic heterocycles. The minimum absolute atomic E-state index is 0.00639. The fraction of sp³-hybridized carbons (Fsp3) is 0.182. The third-order valence-corrected chi connectivity index (χ3v) is 2.66. The van der Waals surface area contributed by atoms with Crippen molar-refractivity contribution in [2.45, 2.75) is 6.92 Å². The third kappa shape index (κ3) is 1.23. The quantitative estimate of drug-likeness (QED) is 0.651. The summed E-state index contributed by atoms with van der Waals surface area (Å²) in [6.07, 6.45) is 1.80. The van der Waals surface area contributed by atoms with Crippen molar-refractivity contribution in [2.24, 2.45) is 7.05 Å². The Hall–Kier alpha value is -1.28. The van der Waals surface area contributed by atoms with Gasteiger partial charge in [-0.3, -0.25) is 4.79 Å². The largest absolute Gasteiger partial charge is 0.318 e. The molecule has 0 aliphatic rings. The number of fused-ring (bicyclic) bond motifs is 1. The van der Waals surface area contributed by atoms with Gasteiger partial charge in [-0.1, -0.05) is 17.7 Å². The normalized spacial score (nSPS) is 10.8. The van der Waals surface area contributed by atoms with Crippen molar-refractivity contribution in [1.82, 2.24) is 4.57 Å². The lowest BCUT2D eigenvalue weighted by molar-refractivity contribution is 0.866. The van der Waals surface area contributed by atoms with Crippen molar-refractivity contribution in [3.63, 3.8) is 0 Å². The summed E-state index contributed by atoms with van der Waals surface area (Å²) in [4.78, 5) is 11.7. The Bertz CT molecular complexity index is 557. The summed E-state index contributed by atoms with van der Waals surface area (Å²) in [5, 5.41) is 2.18. The number of pyridine rings is 1. The molecule has 0 N–H and O–H groups in total. The number of benzene rings is 1. The van der Waals surface area contributed by atoms with Crippen molar-refractivity contribution >= 4 is 22.4 Å². The first-order chi connectivity index (χ1) is 6.61. The van der Waals surface area contributed by atoms with Crippen molar-refractivity contribution in [2.75, 3.05) is 0 Å². The van der Waals surface area contributed by atoms with Crippen LogP contribution in [-0.4, -0.2) is 4.57 Å². The van der Waals surface area contributed by atoms with E-state index in [-0.39, 0.29) is 5.56 Å². The van der Waals surface area contributed by atoms with Crippen LogP contribution in [0.3, 0.4) is 0 Å². The predicted molar refractivity (Wildman–Crippen MR) is 58.9 cm³/mol. The smallest absolute Gasteiger partial charge is 0.258 e. The lowest BCUT2D eigenvalue weighted by Gasteiger charge is -2.06. The van der Waals surface area contributed by atoms with Gasteiger partial charge in [0.15, 0.2) is 0 Å². The maximum atomic E-state index is 11.7. The number of aryl methyl sites for hydroxylation is 2. The molecule has 2 nitrogen and oxygen atoms in total. The van der Waals surface area contributed by atoms with Gasteiger partial charge in [-0.15, -0.1) is 0 Å². The molecule has 0 bridgehead atoms. The fourth-order valence-electron chi connectivity index (χ4n) is 1.71. The Morgan fingerprint density at radius 2 is 2.07 bits per heavy atom. The van der Waals surface area contributed by atoms with Crippen LogP contribution in [0.15, 0.2) is 29.2 Å². The molecule has 1 heterocycles. The van der Waals surface area contributed by atoms with E-state index in [0.717, 1.165) is 10.9 Å². The first kappa shape index (κ1) is 9.28. The Labute approximate surface area is 86.7 Å². The van der Waals surface area contributed by atoms with Gasteiger partial charge in [-0.2, -0.15) is 0 Å². The topological polar surface area (TPSA) is 22.0 Å². The molecule has 0 aliphatic carbocycles. The number of nitrogens with zero attached hydrogens (tertiary/aromatic N) is 1. The van der Waals surface area contributed by atoms with Crippen molar-refractivity contribution in [3.05, 3.63) is 45.3 Å². The summed E-state index contributed by atoms with van der Waals surface area (Å²) >= 11 is 6.04. The van der Waals surface area contributed by atoms with Gasteiger partial charge in [0.25, 0.3) is 5.56 Å². The summed E-state index contributed by atoms with van der Waals surface area (Å²) in [6, 6.07) is 5.40. The minimum atomic E-state index is -0.00639. The Morgan fingerprint density at radius 1 is 1.36 bits per heavy atom.